The molecule has 2 aliphatic rings. The van der Waals surface area contributed by atoms with Gasteiger partial charge in [-0.3, -0.25) is 4.79 Å². The van der Waals surface area contributed by atoms with Crippen LogP contribution in [0.1, 0.15) is 33.1 Å². The smallest absolute Gasteiger partial charge is 0.244 e. The van der Waals surface area contributed by atoms with Crippen LogP contribution in [0.5, 0.6) is 0 Å². The maximum atomic E-state index is 12.6. The SMILES string of the molecule is C[C@@H]1CN(C(=O)CSc2ccc(S(=O)(=O)N3CCCCC3)cn2)C[C@@H](C)O1. The number of nitrogens with zero attached hydrogens (tertiary/aromatic N) is 3. The highest BCUT2D eigenvalue weighted by Crippen LogP contribution is 2.23. The average molecular weight is 414 g/mol. The molecule has 0 aliphatic carbocycles. The van der Waals surface area contributed by atoms with Crippen molar-refractivity contribution in [3.8, 4) is 0 Å². The van der Waals surface area contributed by atoms with Gasteiger partial charge in [0.25, 0.3) is 0 Å². The Morgan fingerprint density at radius 2 is 1.85 bits per heavy atom. The molecule has 3 heterocycles. The molecule has 0 aromatic carbocycles. The third-order valence-corrected chi connectivity index (χ3v) is 7.59. The number of carbonyl (C=O) groups excluding carboxylic acids is 1. The fourth-order valence-corrected chi connectivity index (χ4v) is 5.68. The van der Waals surface area contributed by atoms with Gasteiger partial charge in [0.15, 0.2) is 0 Å². The van der Waals surface area contributed by atoms with E-state index >= 15 is 0 Å². The maximum Gasteiger partial charge on any atom is 0.244 e. The van der Waals surface area contributed by atoms with E-state index in [2.05, 4.69) is 4.98 Å². The van der Waals surface area contributed by atoms with Crippen molar-refractivity contribution in [1.29, 1.82) is 0 Å². The Bertz CT molecular complexity index is 738. The van der Waals surface area contributed by atoms with Crippen molar-refractivity contribution < 1.29 is 17.9 Å². The van der Waals surface area contributed by atoms with Crippen LogP contribution in [0.3, 0.4) is 0 Å². The predicted octanol–water partition coefficient (Wildman–Crippen LogP) is 1.98. The lowest BCUT2D eigenvalue weighted by Crippen LogP contribution is -2.48. The normalized spacial score (nSPS) is 24.7. The van der Waals surface area contributed by atoms with Gasteiger partial charge in [0.2, 0.25) is 15.9 Å². The van der Waals surface area contributed by atoms with E-state index in [4.69, 9.17) is 4.74 Å². The largest absolute Gasteiger partial charge is 0.372 e. The Balaban J connectivity index is 1.57. The summed E-state index contributed by atoms with van der Waals surface area (Å²) >= 11 is 1.33. The second kappa shape index (κ2) is 8.89. The first-order valence-corrected chi connectivity index (χ1v) is 11.8. The van der Waals surface area contributed by atoms with Crippen molar-refractivity contribution in [2.45, 2.75) is 55.2 Å². The molecule has 2 fully saturated rings. The van der Waals surface area contributed by atoms with Crippen LogP contribution in [-0.2, 0) is 19.6 Å². The van der Waals surface area contributed by atoms with Crippen molar-refractivity contribution in [3.63, 3.8) is 0 Å². The number of piperidine rings is 1. The summed E-state index contributed by atoms with van der Waals surface area (Å²) in [6.45, 7) is 6.28. The minimum Gasteiger partial charge on any atom is -0.372 e. The number of amides is 1. The lowest BCUT2D eigenvalue weighted by molar-refractivity contribution is -0.140. The quantitative estimate of drug-likeness (QED) is 0.687. The lowest BCUT2D eigenvalue weighted by atomic mass is 10.2. The highest BCUT2D eigenvalue weighted by Gasteiger charge is 2.27. The van der Waals surface area contributed by atoms with Gasteiger partial charge in [-0.25, -0.2) is 13.4 Å². The van der Waals surface area contributed by atoms with Crippen molar-refractivity contribution in [3.05, 3.63) is 18.3 Å². The van der Waals surface area contributed by atoms with Gasteiger partial charge in [0.1, 0.15) is 4.90 Å². The first-order chi connectivity index (χ1) is 12.9. The highest BCUT2D eigenvalue weighted by atomic mass is 32.2. The standard InChI is InChI=1S/C18H27N3O4S2/c1-14-11-20(12-15(2)25-14)18(22)13-26-17-7-6-16(10-19-17)27(23,24)21-8-4-3-5-9-21/h6-7,10,14-15H,3-5,8-9,11-13H2,1-2H3/t14-,15-/m1/s1. The zero-order chi connectivity index (χ0) is 19.4. The molecule has 27 heavy (non-hydrogen) atoms. The molecule has 2 aliphatic heterocycles. The molecule has 7 nitrogen and oxygen atoms in total. The average Bonchev–Trinajstić information content (AvgIpc) is 2.66. The van der Waals surface area contributed by atoms with E-state index in [1.54, 1.807) is 12.1 Å². The molecule has 2 atom stereocenters. The number of aromatic nitrogens is 1. The van der Waals surface area contributed by atoms with Crippen LogP contribution in [0.4, 0.5) is 0 Å². The molecule has 1 aromatic rings. The Hall–Kier alpha value is -1.16. The number of rotatable bonds is 5. The van der Waals surface area contributed by atoms with Gasteiger partial charge in [-0.1, -0.05) is 18.2 Å². The van der Waals surface area contributed by atoms with Crippen LogP contribution in [0.2, 0.25) is 0 Å². The number of thioether (sulfide) groups is 1. The number of pyridine rings is 1. The Morgan fingerprint density at radius 1 is 1.19 bits per heavy atom. The Kier molecular flexibility index (Phi) is 6.78. The van der Waals surface area contributed by atoms with Gasteiger partial charge < -0.3 is 9.64 Å². The molecule has 0 unspecified atom stereocenters. The van der Waals surface area contributed by atoms with Gasteiger partial charge in [-0.2, -0.15) is 4.31 Å². The van der Waals surface area contributed by atoms with Gasteiger partial charge in [0.05, 0.1) is 23.0 Å². The molecule has 1 aromatic heterocycles. The highest BCUT2D eigenvalue weighted by molar-refractivity contribution is 7.99. The fourth-order valence-electron chi connectivity index (χ4n) is 3.47. The van der Waals surface area contributed by atoms with Crippen LogP contribution in [-0.4, -0.2) is 72.7 Å². The molecule has 0 bridgehead atoms. The minimum atomic E-state index is -3.47. The molecule has 2 saturated heterocycles. The van der Waals surface area contributed by atoms with Gasteiger partial charge in [0, 0.05) is 32.4 Å². The van der Waals surface area contributed by atoms with Crippen molar-refractivity contribution in [2.75, 3.05) is 31.9 Å². The molecule has 0 N–H and O–H groups in total. The lowest BCUT2D eigenvalue weighted by Gasteiger charge is -2.35. The van der Waals surface area contributed by atoms with Crippen LogP contribution >= 0.6 is 11.8 Å². The monoisotopic (exact) mass is 413 g/mol. The molecular weight excluding hydrogens is 386 g/mol. The minimum absolute atomic E-state index is 0.0418. The predicted molar refractivity (Wildman–Crippen MR) is 104 cm³/mol. The zero-order valence-electron chi connectivity index (χ0n) is 15.8. The van der Waals surface area contributed by atoms with Crippen LogP contribution in [0.15, 0.2) is 28.3 Å². The van der Waals surface area contributed by atoms with E-state index in [9.17, 15) is 13.2 Å². The van der Waals surface area contributed by atoms with Crippen molar-refractivity contribution in [1.82, 2.24) is 14.2 Å². The second-order valence-electron chi connectivity index (χ2n) is 7.14. The number of hydrogen-bond donors (Lipinski definition) is 0. The summed E-state index contributed by atoms with van der Waals surface area (Å²) in [7, 11) is -3.47. The zero-order valence-corrected chi connectivity index (χ0v) is 17.5. The molecule has 1 amide bonds. The maximum absolute atomic E-state index is 12.6. The summed E-state index contributed by atoms with van der Waals surface area (Å²) in [5, 5.41) is 0.648. The van der Waals surface area contributed by atoms with Crippen LogP contribution in [0.25, 0.3) is 0 Å². The third kappa shape index (κ3) is 5.22. The van der Waals surface area contributed by atoms with E-state index in [0.29, 0.717) is 31.2 Å². The van der Waals surface area contributed by atoms with E-state index in [-0.39, 0.29) is 28.8 Å². The number of carbonyl (C=O) groups is 1. The molecule has 9 heteroatoms. The number of hydrogen-bond acceptors (Lipinski definition) is 6. The topological polar surface area (TPSA) is 79.8 Å². The van der Waals surface area contributed by atoms with Crippen LogP contribution < -0.4 is 0 Å². The molecule has 0 radical (unpaired) electrons. The van der Waals surface area contributed by atoms with Crippen molar-refractivity contribution >= 4 is 27.7 Å². The number of morpholine rings is 1. The Labute approximate surface area is 165 Å². The summed E-state index contributed by atoms with van der Waals surface area (Å²) in [5.74, 6) is 0.332. The van der Waals surface area contributed by atoms with E-state index < -0.39 is 10.0 Å². The Morgan fingerprint density at radius 3 is 2.44 bits per heavy atom. The molecule has 3 rings (SSSR count). The number of ether oxygens (including phenoxy) is 1. The van der Waals surface area contributed by atoms with Gasteiger partial charge >= 0.3 is 0 Å². The van der Waals surface area contributed by atoms with E-state index in [1.807, 2.05) is 18.7 Å². The summed E-state index contributed by atoms with van der Waals surface area (Å²) in [4.78, 5) is 18.7. The number of sulfonamides is 1. The molecule has 0 saturated carbocycles. The first kappa shape index (κ1) is 20.6. The summed E-state index contributed by atoms with van der Waals surface area (Å²) in [5.41, 5.74) is 0. The van der Waals surface area contributed by atoms with Crippen LogP contribution in [0, 0.1) is 0 Å². The molecular formula is C18H27N3O4S2. The second-order valence-corrected chi connectivity index (χ2v) is 10.1. The van der Waals surface area contributed by atoms with Gasteiger partial charge in [-0.15, -0.1) is 0 Å². The fraction of sp³-hybridized carbons (Fsp3) is 0.667. The first-order valence-electron chi connectivity index (χ1n) is 9.38. The summed E-state index contributed by atoms with van der Waals surface area (Å²) in [6.07, 6.45) is 4.37. The van der Waals surface area contributed by atoms with Gasteiger partial charge in [-0.05, 0) is 38.8 Å². The third-order valence-electron chi connectivity index (χ3n) is 4.78. The van der Waals surface area contributed by atoms with E-state index in [0.717, 1.165) is 19.3 Å². The summed E-state index contributed by atoms with van der Waals surface area (Å²) in [6, 6.07) is 3.27. The van der Waals surface area contributed by atoms with Crippen molar-refractivity contribution in [2.24, 2.45) is 0 Å². The summed E-state index contributed by atoms with van der Waals surface area (Å²) < 4.78 is 32.5. The van der Waals surface area contributed by atoms with E-state index in [1.165, 1.54) is 22.3 Å². The molecule has 0 spiro atoms. The molecule has 150 valence electrons.